The van der Waals surface area contributed by atoms with Crippen LogP contribution in [0.3, 0.4) is 0 Å². The van der Waals surface area contributed by atoms with E-state index in [4.69, 9.17) is 11.6 Å². The zero-order valence-electron chi connectivity index (χ0n) is 16.5. The third-order valence-electron chi connectivity index (χ3n) is 5.31. The predicted molar refractivity (Wildman–Crippen MR) is 122 cm³/mol. The molecule has 0 atom stereocenters. The molecule has 2 nitrogen and oxygen atoms in total. The number of rotatable bonds is 4. The van der Waals surface area contributed by atoms with Crippen LogP contribution >= 0.6 is 11.6 Å². The summed E-state index contributed by atoms with van der Waals surface area (Å²) in [7, 11) is 0. The van der Waals surface area contributed by atoms with Crippen LogP contribution in [0.25, 0.3) is 22.6 Å². The highest BCUT2D eigenvalue weighted by Gasteiger charge is 2.14. The number of hydrogen-bond acceptors (Lipinski definition) is 1. The van der Waals surface area contributed by atoms with E-state index in [1.807, 2.05) is 55.5 Å². The van der Waals surface area contributed by atoms with Crippen LogP contribution in [0.15, 0.2) is 72.8 Å². The summed E-state index contributed by atoms with van der Waals surface area (Å²) in [5, 5.41) is 11.7. The lowest BCUT2D eigenvalue weighted by molar-refractivity contribution is 0.804. The lowest BCUT2D eigenvalue weighted by Gasteiger charge is -2.09. The predicted octanol–water partition coefficient (Wildman–Crippen LogP) is 7.02. The highest BCUT2D eigenvalue weighted by molar-refractivity contribution is 6.30. The van der Waals surface area contributed by atoms with Gasteiger partial charge in [-0.1, -0.05) is 71.8 Å². The third-order valence-corrected chi connectivity index (χ3v) is 5.56. The van der Waals surface area contributed by atoms with Crippen molar-refractivity contribution in [3.05, 3.63) is 106 Å². The van der Waals surface area contributed by atoms with Crippen molar-refractivity contribution in [2.24, 2.45) is 0 Å². The van der Waals surface area contributed by atoms with Gasteiger partial charge >= 0.3 is 0 Å². The minimum absolute atomic E-state index is 0.669. The Balaban J connectivity index is 1.84. The molecule has 0 N–H and O–H groups in total. The molecule has 0 radical (unpaired) electrons. The van der Waals surface area contributed by atoms with Crippen molar-refractivity contribution in [2.45, 2.75) is 20.4 Å². The van der Waals surface area contributed by atoms with Crippen molar-refractivity contribution in [2.75, 3.05) is 0 Å². The van der Waals surface area contributed by atoms with E-state index < -0.39 is 0 Å². The third kappa shape index (κ3) is 3.83. The SMILES string of the molecule is Cc1ccc(/C(C#N)=C\c2c(C)n(Cc3ccc(Cl)cc3)c3ccccc23)cc1. The monoisotopic (exact) mass is 396 g/mol. The number of halogens is 1. The van der Waals surface area contributed by atoms with Crippen LogP contribution in [-0.2, 0) is 6.54 Å². The van der Waals surface area contributed by atoms with E-state index >= 15 is 0 Å². The Labute approximate surface area is 176 Å². The van der Waals surface area contributed by atoms with Crippen LogP contribution in [0.2, 0.25) is 5.02 Å². The van der Waals surface area contributed by atoms with Gasteiger partial charge in [0.25, 0.3) is 0 Å². The molecule has 0 aliphatic heterocycles. The molecule has 29 heavy (non-hydrogen) atoms. The quantitative estimate of drug-likeness (QED) is 0.340. The highest BCUT2D eigenvalue weighted by Crippen LogP contribution is 2.30. The van der Waals surface area contributed by atoms with Crippen LogP contribution in [-0.4, -0.2) is 4.57 Å². The van der Waals surface area contributed by atoms with Crippen LogP contribution in [0.1, 0.15) is 27.9 Å². The molecule has 1 aromatic heterocycles. The Kier molecular flexibility index (Phi) is 5.25. The van der Waals surface area contributed by atoms with E-state index in [0.717, 1.165) is 39.3 Å². The van der Waals surface area contributed by atoms with E-state index in [1.165, 1.54) is 11.1 Å². The topological polar surface area (TPSA) is 28.7 Å². The van der Waals surface area contributed by atoms with Crippen molar-refractivity contribution in [3.63, 3.8) is 0 Å². The van der Waals surface area contributed by atoms with Crippen LogP contribution in [0.5, 0.6) is 0 Å². The Morgan fingerprint density at radius 2 is 1.66 bits per heavy atom. The summed E-state index contributed by atoms with van der Waals surface area (Å²) in [4.78, 5) is 0. The second-order valence-corrected chi connectivity index (χ2v) is 7.70. The first-order chi connectivity index (χ1) is 14.1. The molecule has 4 aromatic rings. The zero-order chi connectivity index (χ0) is 20.4. The van der Waals surface area contributed by atoms with E-state index in [0.29, 0.717) is 5.57 Å². The molecular weight excluding hydrogens is 376 g/mol. The number of aryl methyl sites for hydroxylation is 1. The van der Waals surface area contributed by atoms with Gasteiger partial charge in [0.1, 0.15) is 0 Å². The van der Waals surface area contributed by atoms with Gasteiger partial charge in [-0.05, 0) is 49.2 Å². The maximum Gasteiger partial charge on any atom is 0.0998 e. The summed E-state index contributed by atoms with van der Waals surface area (Å²) in [5.41, 5.74) is 7.37. The standard InChI is InChI=1S/C26H21ClN2/c1-18-7-11-21(12-8-18)22(16-28)15-25-19(2)29(26-6-4-3-5-24(25)26)17-20-9-13-23(27)14-10-20/h3-15H,17H2,1-2H3/b22-15-. The molecule has 1 heterocycles. The summed E-state index contributed by atoms with van der Waals surface area (Å²) in [6.45, 7) is 4.92. The molecule has 0 aliphatic rings. The normalized spacial score (nSPS) is 11.6. The zero-order valence-corrected chi connectivity index (χ0v) is 17.2. The van der Waals surface area contributed by atoms with E-state index in [9.17, 15) is 5.26 Å². The number of aromatic nitrogens is 1. The number of nitriles is 1. The molecule has 0 saturated heterocycles. The van der Waals surface area contributed by atoms with E-state index in [-0.39, 0.29) is 0 Å². The molecule has 0 spiro atoms. The second kappa shape index (κ2) is 7.99. The van der Waals surface area contributed by atoms with E-state index in [1.54, 1.807) is 0 Å². The molecular formula is C26H21ClN2. The highest BCUT2D eigenvalue weighted by atomic mass is 35.5. The summed E-state index contributed by atoms with van der Waals surface area (Å²) < 4.78 is 2.30. The van der Waals surface area contributed by atoms with Crippen LogP contribution < -0.4 is 0 Å². The summed E-state index contributed by atoms with van der Waals surface area (Å²) in [6.07, 6.45) is 2.01. The second-order valence-electron chi connectivity index (χ2n) is 7.26. The first-order valence-electron chi connectivity index (χ1n) is 9.58. The number of benzene rings is 3. The van der Waals surface area contributed by atoms with Crippen molar-refractivity contribution < 1.29 is 0 Å². The summed E-state index contributed by atoms with van der Waals surface area (Å²) >= 11 is 6.04. The average molecular weight is 397 g/mol. The number of allylic oxidation sites excluding steroid dienone is 1. The Bertz CT molecular complexity index is 1240. The van der Waals surface area contributed by atoms with Crippen molar-refractivity contribution in [1.29, 1.82) is 5.26 Å². The number of hydrogen-bond donors (Lipinski definition) is 0. The number of para-hydroxylation sites is 1. The smallest absolute Gasteiger partial charge is 0.0998 e. The minimum atomic E-state index is 0.669. The molecule has 3 aromatic carbocycles. The Morgan fingerprint density at radius 1 is 0.966 bits per heavy atom. The first-order valence-corrected chi connectivity index (χ1v) is 9.95. The van der Waals surface area contributed by atoms with Gasteiger partial charge in [0.15, 0.2) is 0 Å². The molecule has 4 rings (SSSR count). The molecule has 0 fully saturated rings. The van der Waals surface area contributed by atoms with Gasteiger partial charge in [-0.2, -0.15) is 5.26 Å². The van der Waals surface area contributed by atoms with Gasteiger partial charge in [-0.3, -0.25) is 0 Å². The molecule has 0 unspecified atom stereocenters. The van der Waals surface area contributed by atoms with Gasteiger partial charge in [0.05, 0.1) is 11.6 Å². The van der Waals surface area contributed by atoms with E-state index in [2.05, 4.69) is 47.9 Å². The van der Waals surface area contributed by atoms with Crippen LogP contribution in [0.4, 0.5) is 0 Å². The molecule has 0 bridgehead atoms. The fourth-order valence-electron chi connectivity index (χ4n) is 3.67. The number of nitrogens with zero attached hydrogens (tertiary/aromatic N) is 2. The van der Waals surface area contributed by atoms with Crippen molar-refractivity contribution >= 4 is 34.2 Å². The maximum atomic E-state index is 9.80. The number of fused-ring (bicyclic) bond motifs is 1. The first kappa shape index (κ1) is 19.1. The minimum Gasteiger partial charge on any atom is -0.340 e. The molecule has 0 aliphatic carbocycles. The average Bonchev–Trinajstić information content (AvgIpc) is 3.00. The Hall–Kier alpha value is -3.28. The van der Waals surface area contributed by atoms with Gasteiger partial charge in [0, 0.05) is 33.7 Å². The molecule has 142 valence electrons. The van der Waals surface area contributed by atoms with Crippen LogP contribution in [0, 0.1) is 25.2 Å². The fraction of sp³-hybridized carbons (Fsp3) is 0.115. The summed E-state index contributed by atoms with van der Waals surface area (Å²) in [5.74, 6) is 0. The van der Waals surface area contributed by atoms with Crippen molar-refractivity contribution in [1.82, 2.24) is 4.57 Å². The molecule has 0 saturated carbocycles. The van der Waals surface area contributed by atoms with Gasteiger partial charge < -0.3 is 4.57 Å². The van der Waals surface area contributed by atoms with Gasteiger partial charge in [0.2, 0.25) is 0 Å². The summed E-state index contributed by atoms with van der Waals surface area (Å²) in [6, 6.07) is 26.8. The fourth-order valence-corrected chi connectivity index (χ4v) is 3.80. The van der Waals surface area contributed by atoms with Gasteiger partial charge in [-0.25, -0.2) is 0 Å². The Morgan fingerprint density at radius 3 is 2.34 bits per heavy atom. The maximum absolute atomic E-state index is 9.80. The molecule has 3 heteroatoms. The lowest BCUT2D eigenvalue weighted by atomic mass is 10.0. The lowest BCUT2D eigenvalue weighted by Crippen LogP contribution is -2.01. The van der Waals surface area contributed by atoms with Gasteiger partial charge in [-0.15, -0.1) is 0 Å². The van der Waals surface area contributed by atoms with Crippen molar-refractivity contribution in [3.8, 4) is 6.07 Å². The molecule has 0 amide bonds. The largest absolute Gasteiger partial charge is 0.340 e.